The first kappa shape index (κ1) is 22.2. The Morgan fingerprint density at radius 1 is 1.03 bits per heavy atom. The summed E-state index contributed by atoms with van der Waals surface area (Å²) in [7, 11) is 0. The second-order valence-electron chi connectivity index (χ2n) is 10.8. The molecule has 1 unspecified atom stereocenters. The van der Waals surface area contributed by atoms with Gasteiger partial charge >= 0.3 is 0 Å². The van der Waals surface area contributed by atoms with E-state index in [1.165, 1.54) is 39.0 Å². The van der Waals surface area contributed by atoms with Crippen molar-refractivity contribution in [1.82, 2.24) is 15.5 Å². The number of carbonyl (C=O) groups is 3. The van der Waals surface area contributed by atoms with Crippen molar-refractivity contribution < 1.29 is 19.5 Å². The summed E-state index contributed by atoms with van der Waals surface area (Å²) in [5, 5.41) is 15.7. The van der Waals surface area contributed by atoms with Crippen molar-refractivity contribution in [3.05, 3.63) is 29.8 Å². The summed E-state index contributed by atoms with van der Waals surface area (Å²) in [6.45, 7) is 1.93. The van der Waals surface area contributed by atoms with E-state index in [9.17, 15) is 19.5 Å². The molecule has 178 valence electrons. The Morgan fingerprint density at radius 2 is 1.67 bits per heavy atom. The number of phenols is 1. The summed E-state index contributed by atoms with van der Waals surface area (Å²) in [6, 6.07) is 5.69. The summed E-state index contributed by atoms with van der Waals surface area (Å²) in [4.78, 5) is 40.4. The van der Waals surface area contributed by atoms with E-state index < -0.39 is 12.1 Å². The van der Waals surface area contributed by atoms with Crippen molar-refractivity contribution in [3.8, 4) is 5.75 Å². The first-order chi connectivity index (χ1) is 15.9. The van der Waals surface area contributed by atoms with Crippen molar-refractivity contribution >= 4 is 17.7 Å². The lowest BCUT2D eigenvalue weighted by Gasteiger charge is -2.54. The molecule has 0 radical (unpaired) electrons. The summed E-state index contributed by atoms with van der Waals surface area (Å²) < 4.78 is 0. The molecule has 4 saturated carbocycles. The van der Waals surface area contributed by atoms with Gasteiger partial charge in [0.2, 0.25) is 17.7 Å². The van der Waals surface area contributed by atoms with Crippen LogP contribution in [0.5, 0.6) is 5.75 Å². The first-order valence-corrected chi connectivity index (χ1v) is 12.5. The Balaban J connectivity index is 1.26. The zero-order valence-corrected chi connectivity index (χ0v) is 19.3. The SMILES string of the molecule is CC(=O)NC(Cc1ccc(O)cc1)C(=O)N1CCC[C@@H]1C(=O)NC1C2CC3CC(C2)CC1C3. The summed E-state index contributed by atoms with van der Waals surface area (Å²) in [6.07, 6.45) is 8.10. The highest BCUT2D eigenvalue weighted by Crippen LogP contribution is 2.53. The van der Waals surface area contributed by atoms with Gasteiger partial charge in [-0.25, -0.2) is 0 Å². The van der Waals surface area contributed by atoms with Gasteiger partial charge < -0.3 is 20.6 Å². The maximum atomic E-state index is 13.5. The third-order valence-corrected chi connectivity index (χ3v) is 8.43. The highest BCUT2D eigenvalue weighted by atomic mass is 16.3. The van der Waals surface area contributed by atoms with Gasteiger partial charge in [0.05, 0.1) is 0 Å². The van der Waals surface area contributed by atoms with E-state index in [4.69, 9.17) is 0 Å². The van der Waals surface area contributed by atoms with E-state index >= 15 is 0 Å². The Labute approximate surface area is 195 Å². The van der Waals surface area contributed by atoms with Crippen LogP contribution in [-0.2, 0) is 20.8 Å². The van der Waals surface area contributed by atoms with Gasteiger partial charge in [0.25, 0.3) is 0 Å². The van der Waals surface area contributed by atoms with Crippen LogP contribution >= 0.6 is 0 Å². The number of hydrogen-bond acceptors (Lipinski definition) is 4. The van der Waals surface area contributed by atoms with Crippen LogP contribution in [0, 0.1) is 23.7 Å². The van der Waals surface area contributed by atoms with E-state index in [1.54, 1.807) is 29.2 Å². The fraction of sp³-hybridized carbons (Fsp3) is 0.654. The lowest BCUT2D eigenvalue weighted by atomic mass is 9.54. The monoisotopic (exact) mass is 453 g/mol. The number of phenolic OH excluding ortho intramolecular Hbond substituents is 1. The number of aromatic hydroxyl groups is 1. The van der Waals surface area contributed by atoms with Gasteiger partial charge in [0.1, 0.15) is 17.8 Å². The number of rotatable bonds is 6. The second-order valence-corrected chi connectivity index (χ2v) is 10.8. The van der Waals surface area contributed by atoms with Crippen LogP contribution in [0.3, 0.4) is 0 Å². The Kier molecular flexibility index (Phi) is 6.06. The standard InChI is InChI=1S/C26H35N3O4/c1-15(30)27-22(14-16-4-6-21(31)7-5-16)26(33)29-8-2-3-23(29)25(32)28-24-19-10-17-9-18(12-19)13-20(24)11-17/h4-7,17-20,22-24,31H,2-3,8-14H2,1H3,(H,27,30)(H,28,32)/t17?,18?,19?,20?,22?,23-,24?/m1/s1. The van der Waals surface area contributed by atoms with Crippen molar-refractivity contribution in [2.24, 2.45) is 23.7 Å². The molecule has 1 aliphatic heterocycles. The molecule has 2 atom stereocenters. The minimum Gasteiger partial charge on any atom is -0.508 e. The van der Waals surface area contributed by atoms with Gasteiger partial charge in [-0.2, -0.15) is 0 Å². The van der Waals surface area contributed by atoms with Crippen LogP contribution in [0.15, 0.2) is 24.3 Å². The van der Waals surface area contributed by atoms with E-state index in [1.807, 2.05) is 0 Å². The largest absolute Gasteiger partial charge is 0.508 e. The van der Waals surface area contributed by atoms with Crippen LogP contribution in [0.1, 0.15) is 57.4 Å². The van der Waals surface area contributed by atoms with Crippen molar-refractivity contribution in [1.29, 1.82) is 0 Å². The lowest BCUT2D eigenvalue weighted by molar-refractivity contribution is -0.142. The Bertz CT molecular complexity index is 887. The molecular formula is C26H35N3O4. The van der Waals surface area contributed by atoms with Gasteiger partial charge in [-0.3, -0.25) is 14.4 Å². The van der Waals surface area contributed by atoms with Crippen molar-refractivity contribution in [3.63, 3.8) is 0 Å². The molecule has 4 bridgehead atoms. The molecule has 5 aliphatic rings. The van der Waals surface area contributed by atoms with E-state index in [2.05, 4.69) is 10.6 Å². The quantitative estimate of drug-likeness (QED) is 0.616. The van der Waals surface area contributed by atoms with Gasteiger partial charge in [-0.15, -0.1) is 0 Å². The fourth-order valence-corrected chi connectivity index (χ4v) is 7.24. The summed E-state index contributed by atoms with van der Waals surface area (Å²) in [5.41, 5.74) is 0.841. The Hall–Kier alpha value is -2.57. The fourth-order valence-electron chi connectivity index (χ4n) is 7.24. The number of amides is 3. The third kappa shape index (κ3) is 4.59. The number of likely N-dealkylation sites (tertiary alicyclic amines) is 1. The topological polar surface area (TPSA) is 98.7 Å². The molecule has 3 N–H and O–H groups in total. The van der Waals surface area contributed by atoms with E-state index in [0.717, 1.165) is 23.8 Å². The normalized spacial score (nSPS) is 33.1. The average Bonchev–Trinajstić information content (AvgIpc) is 3.26. The van der Waals surface area contributed by atoms with Crippen LogP contribution in [-0.4, -0.2) is 52.4 Å². The minimum atomic E-state index is -0.735. The maximum Gasteiger partial charge on any atom is 0.246 e. The van der Waals surface area contributed by atoms with Crippen molar-refractivity contribution in [2.75, 3.05) is 6.54 Å². The molecule has 4 aliphatic carbocycles. The second kappa shape index (κ2) is 8.99. The zero-order valence-electron chi connectivity index (χ0n) is 19.3. The summed E-state index contributed by atoms with van der Waals surface area (Å²) >= 11 is 0. The number of hydrogen-bond donors (Lipinski definition) is 3. The maximum absolute atomic E-state index is 13.5. The molecule has 1 heterocycles. The highest BCUT2D eigenvalue weighted by molar-refractivity contribution is 5.92. The van der Waals surface area contributed by atoms with E-state index in [-0.39, 0.29) is 29.5 Å². The molecule has 0 spiro atoms. The molecular weight excluding hydrogens is 418 g/mol. The summed E-state index contributed by atoms with van der Waals surface area (Å²) in [5.74, 6) is 2.54. The predicted molar refractivity (Wildman–Crippen MR) is 123 cm³/mol. The predicted octanol–water partition coefficient (Wildman–Crippen LogP) is 2.37. The smallest absolute Gasteiger partial charge is 0.246 e. The highest BCUT2D eigenvalue weighted by Gasteiger charge is 2.49. The molecule has 5 fully saturated rings. The zero-order chi connectivity index (χ0) is 23.1. The van der Waals surface area contributed by atoms with E-state index in [0.29, 0.717) is 31.2 Å². The number of nitrogens with one attached hydrogen (secondary N) is 2. The average molecular weight is 454 g/mol. The molecule has 3 amide bonds. The molecule has 1 aromatic carbocycles. The van der Waals surface area contributed by atoms with Gasteiger partial charge in [0, 0.05) is 25.9 Å². The van der Waals surface area contributed by atoms with Crippen LogP contribution in [0.25, 0.3) is 0 Å². The lowest BCUT2D eigenvalue weighted by Crippen LogP contribution is -2.59. The molecule has 7 heteroatoms. The Morgan fingerprint density at radius 3 is 2.27 bits per heavy atom. The van der Waals surface area contributed by atoms with Crippen LogP contribution in [0.2, 0.25) is 0 Å². The minimum absolute atomic E-state index is 0.0236. The number of nitrogens with zero attached hydrogens (tertiary/aromatic N) is 1. The van der Waals surface area contributed by atoms with Crippen LogP contribution in [0.4, 0.5) is 0 Å². The molecule has 7 nitrogen and oxygen atoms in total. The third-order valence-electron chi connectivity index (χ3n) is 8.43. The number of carbonyl (C=O) groups excluding carboxylic acids is 3. The van der Waals surface area contributed by atoms with Gasteiger partial charge in [-0.1, -0.05) is 12.1 Å². The molecule has 0 aromatic heterocycles. The van der Waals surface area contributed by atoms with Gasteiger partial charge in [-0.05, 0) is 86.3 Å². The molecule has 1 saturated heterocycles. The van der Waals surface area contributed by atoms with Crippen molar-refractivity contribution in [2.45, 2.75) is 76.4 Å². The molecule has 1 aromatic rings. The van der Waals surface area contributed by atoms with Gasteiger partial charge in [0.15, 0.2) is 0 Å². The molecule has 33 heavy (non-hydrogen) atoms. The molecule has 6 rings (SSSR count). The van der Waals surface area contributed by atoms with Crippen LogP contribution < -0.4 is 10.6 Å². The number of benzene rings is 1. The first-order valence-electron chi connectivity index (χ1n) is 12.5.